The lowest BCUT2D eigenvalue weighted by molar-refractivity contribution is -0.132. The fourth-order valence-corrected chi connectivity index (χ4v) is 10.8. The molecule has 4 atom stereocenters. The van der Waals surface area contributed by atoms with Crippen LogP contribution in [0.5, 0.6) is 0 Å². The highest BCUT2D eigenvalue weighted by Gasteiger charge is 2.28. The molecule has 0 aliphatic heterocycles. The topological polar surface area (TPSA) is 110 Å². The molecule has 0 saturated heterocycles. The number of rotatable bonds is 62. The Morgan fingerprint density at radius 2 is 0.556 bits per heavy atom. The second-order valence-electron chi connectivity index (χ2n) is 23.2. The van der Waals surface area contributed by atoms with Crippen LogP contribution in [0.2, 0.25) is 0 Å². The van der Waals surface area contributed by atoms with Crippen LogP contribution >= 0.6 is 0 Å². The molecule has 5 N–H and O–H groups in total. The Hall–Kier alpha value is -0.950. The van der Waals surface area contributed by atoms with E-state index in [1.165, 1.54) is 308 Å². The van der Waals surface area contributed by atoms with Crippen molar-refractivity contribution in [2.45, 2.75) is 398 Å². The van der Waals surface area contributed by atoms with Crippen molar-refractivity contribution in [3.05, 3.63) is 12.2 Å². The van der Waals surface area contributed by atoms with Crippen molar-refractivity contribution in [3.8, 4) is 0 Å². The van der Waals surface area contributed by atoms with Gasteiger partial charge in [0.2, 0.25) is 5.91 Å². The summed E-state index contributed by atoms with van der Waals surface area (Å²) in [6.07, 6.45) is 74.6. The molecule has 72 heavy (non-hydrogen) atoms. The molecule has 0 aliphatic carbocycles. The maximum absolute atomic E-state index is 12.6. The molecule has 430 valence electrons. The van der Waals surface area contributed by atoms with Crippen molar-refractivity contribution >= 4 is 5.91 Å². The van der Waals surface area contributed by atoms with Crippen LogP contribution in [0, 0.1) is 0 Å². The molecule has 0 aromatic heterocycles. The zero-order valence-corrected chi connectivity index (χ0v) is 49.0. The van der Waals surface area contributed by atoms with Crippen molar-refractivity contribution in [3.63, 3.8) is 0 Å². The number of unbranched alkanes of at least 4 members (excludes halogenated alkanes) is 51. The summed E-state index contributed by atoms with van der Waals surface area (Å²) in [4.78, 5) is 12.6. The fraction of sp³-hybridized carbons (Fsp3) is 0.955. The quantitative estimate of drug-likeness (QED) is 0.0308. The van der Waals surface area contributed by atoms with E-state index < -0.39 is 36.9 Å². The van der Waals surface area contributed by atoms with Crippen molar-refractivity contribution < 1.29 is 25.2 Å². The van der Waals surface area contributed by atoms with E-state index >= 15 is 0 Å². The van der Waals surface area contributed by atoms with Gasteiger partial charge < -0.3 is 25.7 Å². The van der Waals surface area contributed by atoms with Crippen LogP contribution < -0.4 is 5.32 Å². The lowest BCUT2D eigenvalue weighted by Crippen LogP contribution is -2.53. The SMILES string of the molecule is CCCCCCCCCCCCCC/C=C\CCCCCCCCCCCCCCCCCC(O)C(=O)NC(CO)C(O)C(O)CCCCCCCCCCCCCCCCCCCCCCCCCCC. The Morgan fingerprint density at radius 1 is 0.333 bits per heavy atom. The van der Waals surface area contributed by atoms with Gasteiger partial charge in [0.1, 0.15) is 12.2 Å². The first-order valence-electron chi connectivity index (χ1n) is 33.1. The summed E-state index contributed by atoms with van der Waals surface area (Å²) < 4.78 is 0. The van der Waals surface area contributed by atoms with Crippen molar-refractivity contribution in [1.82, 2.24) is 5.32 Å². The van der Waals surface area contributed by atoms with Crippen LogP contribution in [0.15, 0.2) is 12.2 Å². The third-order valence-electron chi connectivity index (χ3n) is 16.0. The lowest BCUT2D eigenvalue weighted by Gasteiger charge is -2.27. The third-order valence-corrected chi connectivity index (χ3v) is 16.0. The zero-order valence-electron chi connectivity index (χ0n) is 49.0. The summed E-state index contributed by atoms with van der Waals surface area (Å²) >= 11 is 0. The van der Waals surface area contributed by atoms with E-state index in [0.717, 1.165) is 38.5 Å². The average molecular weight is 1020 g/mol. The first kappa shape index (κ1) is 71.0. The Bertz CT molecular complexity index is 1050. The number of hydrogen-bond acceptors (Lipinski definition) is 5. The zero-order chi connectivity index (χ0) is 52.3. The van der Waals surface area contributed by atoms with Gasteiger partial charge in [-0.05, 0) is 38.5 Å². The number of hydrogen-bond donors (Lipinski definition) is 5. The number of carbonyl (C=O) groups excluding carboxylic acids is 1. The van der Waals surface area contributed by atoms with Gasteiger partial charge in [0.25, 0.3) is 0 Å². The van der Waals surface area contributed by atoms with Crippen LogP contribution in [-0.2, 0) is 4.79 Å². The number of amides is 1. The minimum absolute atomic E-state index is 0.374. The van der Waals surface area contributed by atoms with E-state index in [0.29, 0.717) is 12.8 Å². The second kappa shape index (κ2) is 60.9. The average Bonchev–Trinajstić information content (AvgIpc) is 3.39. The molecular formula is C66H131NO5. The molecule has 0 aliphatic rings. The number of aliphatic hydroxyl groups is 4. The minimum atomic E-state index is -1.26. The predicted octanol–water partition coefficient (Wildman–Crippen LogP) is 20.0. The summed E-state index contributed by atoms with van der Waals surface area (Å²) in [6.45, 7) is 4.11. The van der Waals surface area contributed by atoms with E-state index in [-0.39, 0.29) is 0 Å². The highest BCUT2D eigenvalue weighted by molar-refractivity contribution is 5.80. The largest absolute Gasteiger partial charge is 0.394 e. The van der Waals surface area contributed by atoms with E-state index in [1.54, 1.807) is 0 Å². The van der Waals surface area contributed by atoms with E-state index in [4.69, 9.17) is 0 Å². The Morgan fingerprint density at radius 3 is 0.806 bits per heavy atom. The lowest BCUT2D eigenvalue weighted by atomic mass is 9.99. The first-order chi connectivity index (χ1) is 35.5. The molecule has 0 fully saturated rings. The normalized spacial score (nSPS) is 13.6. The summed E-state index contributed by atoms with van der Waals surface area (Å²) in [6, 6.07) is -0.984. The van der Waals surface area contributed by atoms with Crippen LogP contribution in [0.25, 0.3) is 0 Å². The fourth-order valence-electron chi connectivity index (χ4n) is 10.8. The molecule has 0 spiro atoms. The summed E-state index contributed by atoms with van der Waals surface area (Å²) in [5, 5.41) is 44.2. The maximum atomic E-state index is 12.6. The van der Waals surface area contributed by atoms with Gasteiger partial charge in [-0.15, -0.1) is 0 Å². The maximum Gasteiger partial charge on any atom is 0.249 e. The standard InChI is InChI=1S/C66H131NO5/c1-3-5-7-9-11-13-15-17-19-21-23-25-27-29-30-31-32-33-34-36-38-40-42-44-46-48-50-52-54-56-58-60-64(70)66(72)67-62(61-68)65(71)63(69)59-57-55-53-51-49-47-45-43-41-39-37-35-28-26-24-22-20-18-16-14-12-10-8-6-4-2/h29-30,62-65,68-71H,3-28,31-61H2,1-2H3,(H,67,72)/b30-29-. The molecule has 0 bridgehead atoms. The van der Waals surface area contributed by atoms with Gasteiger partial charge >= 0.3 is 0 Å². The Labute approximate surface area is 451 Å². The molecule has 0 aromatic carbocycles. The van der Waals surface area contributed by atoms with Crippen molar-refractivity contribution in [2.24, 2.45) is 0 Å². The Balaban J connectivity index is 3.54. The highest BCUT2D eigenvalue weighted by Crippen LogP contribution is 2.19. The van der Waals surface area contributed by atoms with Gasteiger partial charge in [0.05, 0.1) is 18.8 Å². The summed E-state index contributed by atoms with van der Waals surface area (Å²) in [5.74, 6) is -0.576. The van der Waals surface area contributed by atoms with Crippen molar-refractivity contribution in [2.75, 3.05) is 6.61 Å². The molecule has 0 radical (unpaired) electrons. The monoisotopic (exact) mass is 1020 g/mol. The summed E-state index contributed by atoms with van der Waals surface area (Å²) in [5.41, 5.74) is 0. The van der Waals surface area contributed by atoms with E-state index in [2.05, 4.69) is 31.3 Å². The molecule has 0 aromatic rings. The van der Waals surface area contributed by atoms with Gasteiger partial charge in [-0.1, -0.05) is 347 Å². The van der Waals surface area contributed by atoms with Gasteiger partial charge in [-0.3, -0.25) is 4.79 Å². The van der Waals surface area contributed by atoms with Crippen LogP contribution in [0.1, 0.15) is 373 Å². The summed E-state index contributed by atoms with van der Waals surface area (Å²) in [7, 11) is 0. The number of allylic oxidation sites excluding steroid dienone is 2. The predicted molar refractivity (Wildman–Crippen MR) is 316 cm³/mol. The van der Waals surface area contributed by atoms with E-state index in [9.17, 15) is 25.2 Å². The van der Waals surface area contributed by atoms with Gasteiger partial charge in [-0.2, -0.15) is 0 Å². The minimum Gasteiger partial charge on any atom is -0.394 e. The molecule has 6 nitrogen and oxygen atoms in total. The Kier molecular flexibility index (Phi) is 60.1. The molecular weight excluding hydrogens is 887 g/mol. The molecule has 0 heterocycles. The van der Waals surface area contributed by atoms with E-state index in [1.807, 2.05) is 0 Å². The smallest absolute Gasteiger partial charge is 0.249 e. The van der Waals surface area contributed by atoms with Crippen LogP contribution in [0.3, 0.4) is 0 Å². The highest BCUT2D eigenvalue weighted by atomic mass is 16.3. The number of aliphatic hydroxyl groups excluding tert-OH is 4. The molecule has 4 unspecified atom stereocenters. The molecule has 0 rings (SSSR count). The van der Waals surface area contributed by atoms with Gasteiger partial charge in [-0.25, -0.2) is 0 Å². The molecule has 6 heteroatoms. The van der Waals surface area contributed by atoms with Crippen LogP contribution in [0.4, 0.5) is 0 Å². The molecule has 1 amide bonds. The van der Waals surface area contributed by atoms with Crippen LogP contribution in [-0.4, -0.2) is 57.3 Å². The van der Waals surface area contributed by atoms with Crippen molar-refractivity contribution in [1.29, 1.82) is 0 Å². The third kappa shape index (κ3) is 53.9. The first-order valence-corrected chi connectivity index (χ1v) is 33.1. The van der Waals surface area contributed by atoms with Gasteiger partial charge in [0.15, 0.2) is 0 Å². The van der Waals surface area contributed by atoms with Gasteiger partial charge in [0, 0.05) is 0 Å². The second-order valence-corrected chi connectivity index (χ2v) is 23.2. The number of carbonyl (C=O) groups is 1. The number of nitrogens with one attached hydrogen (secondary N) is 1. The molecule has 0 saturated carbocycles.